The molecular formula is C52H37N. The predicted octanol–water partition coefficient (Wildman–Crippen LogP) is 13.1. The summed E-state index contributed by atoms with van der Waals surface area (Å²) in [5.74, 6) is 0. The maximum Gasteiger partial charge on any atom is 0.0748 e. The fourth-order valence-electron chi connectivity index (χ4n) is 9.85. The van der Waals surface area contributed by atoms with Crippen molar-refractivity contribution < 1.29 is 0 Å². The molecule has 0 fully saturated rings. The van der Waals surface area contributed by atoms with Crippen molar-refractivity contribution in [3.8, 4) is 39.1 Å². The van der Waals surface area contributed by atoms with Gasteiger partial charge in [0.15, 0.2) is 0 Å². The van der Waals surface area contributed by atoms with Gasteiger partial charge in [-0.05, 0) is 85.0 Å². The van der Waals surface area contributed by atoms with Crippen molar-refractivity contribution >= 4 is 21.8 Å². The van der Waals surface area contributed by atoms with E-state index in [1.165, 1.54) is 94.3 Å². The molecule has 2 heterocycles. The van der Waals surface area contributed by atoms with Crippen molar-refractivity contribution in [1.82, 2.24) is 4.57 Å². The van der Waals surface area contributed by atoms with E-state index in [1.807, 2.05) is 0 Å². The highest BCUT2D eigenvalue weighted by Crippen LogP contribution is 2.60. The van der Waals surface area contributed by atoms with Crippen LogP contribution in [0.4, 0.5) is 0 Å². The minimum atomic E-state index is -0.502. The fourth-order valence-corrected chi connectivity index (χ4v) is 9.85. The van der Waals surface area contributed by atoms with Crippen LogP contribution in [0.15, 0.2) is 188 Å². The van der Waals surface area contributed by atoms with Crippen molar-refractivity contribution in [3.63, 3.8) is 0 Å². The highest BCUT2D eigenvalue weighted by molar-refractivity contribution is 6.12. The Morgan fingerprint density at radius 3 is 1.55 bits per heavy atom. The van der Waals surface area contributed by atoms with E-state index < -0.39 is 5.41 Å². The van der Waals surface area contributed by atoms with Gasteiger partial charge in [-0.25, -0.2) is 0 Å². The van der Waals surface area contributed by atoms with E-state index in [0.29, 0.717) is 0 Å². The molecule has 0 saturated carbocycles. The number of hydrogen-bond acceptors (Lipinski definition) is 0. The van der Waals surface area contributed by atoms with Crippen LogP contribution in [-0.4, -0.2) is 4.57 Å². The lowest BCUT2D eigenvalue weighted by Gasteiger charge is -2.50. The van der Waals surface area contributed by atoms with E-state index in [1.54, 1.807) is 0 Å². The molecule has 9 aromatic rings. The first-order chi connectivity index (χ1) is 26.0. The Kier molecular flexibility index (Phi) is 6.29. The maximum atomic E-state index is 2.53. The number of hydrogen-bond donors (Lipinski definition) is 0. The van der Waals surface area contributed by atoms with Gasteiger partial charge in [-0.2, -0.15) is 0 Å². The Balaban J connectivity index is 1.13. The minimum Gasteiger partial charge on any atom is -0.309 e. The van der Waals surface area contributed by atoms with Crippen molar-refractivity contribution in [2.24, 2.45) is 0 Å². The van der Waals surface area contributed by atoms with E-state index in [9.17, 15) is 0 Å². The summed E-state index contributed by atoms with van der Waals surface area (Å²) in [6, 6.07) is 70.2. The minimum absolute atomic E-state index is 0.182. The number of nitrogens with zero attached hydrogens (tertiary/aromatic N) is 1. The quantitative estimate of drug-likeness (QED) is 0.176. The Morgan fingerprint density at radius 2 is 0.830 bits per heavy atom. The third-order valence-corrected chi connectivity index (χ3v) is 12.3. The number of aromatic nitrogens is 1. The topological polar surface area (TPSA) is 4.93 Å². The molecule has 1 atom stereocenters. The highest BCUT2D eigenvalue weighted by atomic mass is 15.0. The second-order valence-electron chi connectivity index (χ2n) is 15.3. The van der Waals surface area contributed by atoms with Crippen LogP contribution in [0.25, 0.3) is 60.9 Å². The third kappa shape index (κ3) is 4.08. The van der Waals surface area contributed by atoms with Crippen LogP contribution < -0.4 is 0 Å². The lowest BCUT2D eigenvalue weighted by atomic mass is 9.53. The zero-order chi connectivity index (χ0) is 35.3. The van der Waals surface area contributed by atoms with Crippen LogP contribution in [0, 0.1) is 0 Å². The Morgan fingerprint density at radius 1 is 0.340 bits per heavy atom. The van der Waals surface area contributed by atoms with Gasteiger partial charge in [0.05, 0.1) is 22.1 Å². The standard InChI is InChI=1S/C52H37N/c1-51(2)42-17-7-8-18-44(42)52(45-19-9-11-22-49(45)53-48-21-10-6-15-40(48)41-16-12-20-46(52)50(41)53)47-33-39(31-32-43(47)51)38-29-27-37(28-30-38)36-25-23-35(24-26-36)34-13-4-3-5-14-34/h3-33H,1-2H3. The zero-order valence-electron chi connectivity index (χ0n) is 29.8. The zero-order valence-corrected chi connectivity index (χ0v) is 29.8. The Hall–Kier alpha value is -6.44. The van der Waals surface area contributed by atoms with Crippen molar-refractivity contribution in [2.75, 3.05) is 0 Å². The van der Waals surface area contributed by atoms with E-state index >= 15 is 0 Å². The van der Waals surface area contributed by atoms with E-state index in [4.69, 9.17) is 0 Å². The van der Waals surface area contributed by atoms with Gasteiger partial charge in [0.2, 0.25) is 0 Å². The van der Waals surface area contributed by atoms with Crippen LogP contribution >= 0.6 is 0 Å². The second kappa shape index (κ2) is 11.0. The van der Waals surface area contributed by atoms with Crippen molar-refractivity contribution in [2.45, 2.75) is 24.7 Å². The molecule has 0 saturated heterocycles. The third-order valence-electron chi connectivity index (χ3n) is 12.3. The van der Waals surface area contributed by atoms with Crippen molar-refractivity contribution in [3.05, 3.63) is 221 Å². The molecule has 1 nitrogen and oxygen atoms in total. The summed E-state index contributed by atoms with van der Waals surface area (Å²) in [6.07, 6.45) is 0. The lowest BCUT2D eigenvalue weighted by Crippen LogP contribution is -2.44. The van der Waals surface area contributed by atoms with E-state index in [-0.39, 0.29) is 5.41 Å². The summed E-state index contributed by atoms with van der Waals surface area (Å²) in [6.45, 7) is 4.81. The first-order valence-corrected chi connectivity index (χ1v) is 18.7. The summed E-state index contributed by atoms with van der Waals surface area (Å²) >= 11 is 0. The molecular weight excluding hydrogens is 639 g/mol. The average Bonchev–Trinajstić information content (AvgIpc) is 3.57. The lowest BCUT2D eigenvalue weighted by molar-refractivity contribution is 0.556. The van der Waals surface area contributed by atoms with Crippen LogP contribution in [0.5, 0.6) is 0 Å². The molecule has 2 aliphatic rings. The molecule has 1 aromatic heterocycles. The molecule has 11 rings (SSSR count). The highest BCUT2D eigenvalue weighted by Gasteiger charge is 2.52. The fraction of sp³-hybridized carbons (Fsp3) is 0.0769. The molecule has 0 N–H and O–H groups in total. The molecule has 1 aliphatic heterocycles. The van der Waals surface area contributed by atoms with Gasteiger partial charge in [0, 0.05) is 16.2 Å². The van der Waals surface area contributed by atoms with Gasteiger partial charge in [0.25, 0.3) is 0 Å². The molecule has 8 aromatic carbocycles. The maximum absolute atomic E-state index is 2.53. The van der Waals surface area contributed by atoms with Crippen molar-refractivity contribution in [1.29, 1.82) is 0 Å². The van der Waals surface area contributed by atoms with Crippen LogP contribution in [-0.2, 0) is 10.8 Å². The van der Waals surface area contributed by atoms with Gasteiger partial charge in [0.1, 0.15) is 0 Å². The molecule has 1 spiro atoms. The Labute approximate surface area is 310 Å². The SMILES string of the molecule is CC1(C)c2ccccc2C2(c3ccccc3-n3c4ccccc4c4cccc2c43)c2cc(-c3ccc(-c4ccc(-c5ccccc5)cc4)cc3)ccc21. The normalized spacial score (nSPS) is 16.3. The molecule has 1 aliphatic carbocycles. The number of benzene rings is 8. The smallest absolute Gasteiger partial charge is 0.0748 e. The summed E-state index contributed by atoms with van der Waals surface area (Å²) in [5.41, 5.74) is 18.7. The molecule has 1 unspecified atom stereocenters. The van der Waals surface area contributed by atoms with Gasteiger partial charge in [-0.15, -0.1) is 0 Å². The second-order valence-corrected chi connectivity index (χ2v) is 15.3. The predicted molar refractivity (Wildman–Crippen MR) is 221 cm³/mol. The molecule has 0 bridgehead atoms. The summed E-state index contributed by atoms with van der Waals surface area (Å²) in [7, 11) is 0. The number of rotatable bonds is 3. The van der Waals surface area contributed by atoms with E-state index in [0.717, 1.165) is 0 Å². The summed E-state index contributed by atoms with van der Waals surface area (Å²) < 4.78 is 2.53. The molecule has 1 heteroatoms. The van der Waals surface area contributed by atoms with Crippen LogP contribution in [0.2, 0.25) is 0 Å². The van der Waals surface area contributed by atoms with Gasteiger partial charge in [-0.1, -0.05) is 184 Å². The largest absolute Gasteiger partial charge is 0.309 e. The first-order valence-electron chi connectivity index (χ1n) is 18.7. The molecule has 250 valence electrons. The van der Waals surface area contributed by atoms with Crippen LogP contribution in [0.3, 0.4) is 0 Å². The average molecular weight is 676 g/mol. The van der Waals surface area contributed by atoms with E-state index in [2.05, 4.69) is 206 Å². The number of fused-ring (bicyclic) bond motifs is 11. The molecule has 53 heavy (non-hydrogen) atoms. The number of para-hydroxylation sites is 3. The van der Waals surface area contributed by atoms with Crippen LogP contribution in [0.1, 0.15) is 47.2 Å². The first kappa shape index (κ1) is 30.2. The van der Waals surface area contributed by atoms with Gasteiger partial charge >= 0.3 is 0 Å². The molecule has 0 radical (unpaired) electrons. The van der Waals surface area contributed by atoms with Gasteiger partial charge < -0.3 is 4.57 Å². The monoisotopic (exact) mass is 675 g/mol. The summed E-state index contributed by atoms with van der Waals surface area (Å²) in [4.78, 5) is 0. The summed E-state index contributed by atoms with van der Waals surface area (Å²) in [5, 5.41) is 2.60. The Bertz CT molecular complexity index is 2890. The van der Waals surface area contributed by atoms with Gasteiger partial charge in [-0.3, -0.25) is 0 Å². The molecule has 0 amide bonds.